The first-order valence-electron chi connectivity index (χ1n) is 2.99. The van der Waals surface area contributed by atoms with Gasteiger partial charge >= 0.3 is 0 Å². The molecule has 0 aromatic heterocycles. The SMILES string of the molecule is C=C/C=C1\CC1(C)C. The lowest BCUT2D eigenvalue weighted by Crippen LogP contribution is -1.78. The molecule has 0 aliphatic heterocycles. The van der Waals surface area contributed by atoms with E-state index in [0.717, 1.165) is 0 Å². The topological polar surface area (TPSA) is 0 Å². The minimum Gasteiger partial charge on any atom is -0.0991 e. The van der Waals surface area contributed by atoms with Gasteiger partial charge in [-0.05, 0) is 11.8 Å². The molecule has 1 aliphatic rings. The molecule has 0 heterocycles. The predicted molar refractivity (Wildman–Crippen MR) is 36.7 cm³/mol. The van der Waals surface area contributed by atoms with Crippen LogP contribution in [0.25, 0.3) is 0 Å². The van der Waals surface area contributed by atoms with Crippen LogP contribution in [0.1, 0.15) is 20.3 Å². The van der Waals surface area contributed by atoms with Gasteiger partial charge < -0.3 is 0 Å². The molecule has 8 heavy (non-hydrogen) atoms. The first-order valence-corrected chi connectivity index (χ1v) is 2.99. The van der Waals surface area contributed by atoms with Crippen molar-refractivity contribution in [3.63, 3.8) is 0 Å². The van der Waals surface area contributed by atoms with Crippen molar-refractivity contribution < 1.29 is 0 Å². The normalized spacial score (nSPS) is 28.0. The summed E-state index contributed by atoms with van der Waals surface area (Å²) in [5.74, 6) is 0. The van der Waals surface area contributed by atoms with Gasteiger partial charge in [-0.15, -0.1) is 0 Å². The van der Waals surface area contributed by atoms with E-state index in [9.17, 15) is 0 Å². The Morgan fingerprint density at radius 1 is 1.62 bits per heavy atom. The maximum Gasteiger partial charge on any atom is -0.0104 e. The highest BCUT2D eigenvalue weighted by Crippen LogP contribution is 2.50. The number of allylic oxidation sites excluding steroid dienone is 3. The molecule has 0 heteroatoms. The molecule has 0 saturated heterocycles. The summed E-state index contributed by atoms with van der Waals surface area (Å²) >= 11 is 0. The van der Waals surface area contributed by atoms with Gasteiger partial charge in [0, 0.05) is 0 Å². The Balaban J connectivity index is 2.59. The van der Waals surface area contributed by atoms with Crippen molar-refractivity contribution in [2.45, 2.75) is 20.3 Å². The molecule has 0 amide bonds. The fourth-order valence-corrected chi connectivity index (χ4v) is 0.859. The summed E-state index contributed by atoms with van der Waals surface area (Å²) in [7, 11) is 0. The summed E-state index contributed by atoms with van der Waals surface area (Å²) in [5, 5.41) is 0. The van der Waals surface area contributed by atoms with Crippen molar-refractivity contribution in [1.82, 2.24) is 0 Å². The fraction of sp³-hybridized carbons (Fsp3) is 0.500. The molecule has 0 aromatic rings. The molecule has 0 atom stereocenters. The van der Waals surface area contributed by atoms with Gasteiger partial charge in [-0.1, -0.05) is 38.2 Å². The van der Waals surface area contributed by atoms with Gasteiger partial charge in [-0.25, -0.2) is 0 Å². The number of hydrogen-bond donors (Lipinski definition) is 0. The van der Waals surface area contributed by atoms with Crippen molar-refractivity contribution in [3.8, 4) is 0 Å². The third-order valence-corrected chi connectivity index (χ3v) is 1.70. The van der Waals surface area contributed by atoms with Gasteiger partial charge in [0.05, 0.1) is 0 Å². The van der Waals surface area contributed by atoms with Crippen LogP contribution in [0.2, 0.25) is 0 Å². The number of rotatable bonds is 1. The molecule has 1 rings (SSSR count). The van der Waals surface area contributed by atoms with Gasteiger partial charge in [0.1, 0.15) is 0 Å². The van der Waals surface area contributed by atoms with Crippen molar-refractivity contribution in [1.29, 1.82) is 0 Å². The molecule has 0 N–H and O–H groups in total. The van der Waals surface area contributed by atoms with E-state index in [2.05, 4.69) is 26.5 Å². The zero-order valence-corrected chi connectivity index (χ0v) is 5.57. The van der Waals surface area contributed by atoms with Gasteiger partial charge in [-0.2, -0.15) is 0 Å². The second kappa shape index (κ2) is 1.48. The highest BCUT2D eigenvalue weighted by Gasteiger charge is 2.37. The van der Waals surface area contributed by atoms with Gasteiger partial charge in [0.2, 0.25) is 0 Å². The summed E-state index contributed by atoms with van der Waals surface area (Å²) in [4.78, 5) is 0. The summed E-state index contributed by atoms with van der Waals surface area (Å²) in [6.45, 7) is 8.13. The van der Waals surface area contributed by atoms with Crippen LogP contribution in [0, 0.1) is 5.41 Å². The largest absolute Gasteiger partial charge is 0.0991 e. The third-order valence-electron chi connectivity index (χ3n) is 1.70. The molecule has 1 aliphatic carbocycles. The summed E-state index contributed by atoms with van der Waals surface area (Å²) in [6, 6.07) is 0. The van der Waals surface area contributed by atoms with Crippen LogP contribution >= 0.6 is 0 Å². The van der Waals surface area contributed by atoms with E-state index >= 15 is 0 Å². The van der Waals surface area contributed by atoms with E-state index in [1.807, 2.05) is 6.08 Å². The minimum absolute atomic E-state index is 0.508. The summed E-state index contributed by atoms with van der Waals surface area (Å²) in [6.07, 6.45) is 5.24. The van der Waals surface area contributed by atoms with E-state index < -0.39 is 0 Å². The zero-order valence-electron chi connectivity index (χ0n) is 5.57. The summed E-state index contributed by atoms with van der Waals surface area (Å²) in [5.41, 5.74) is 2.04. The second-order valence-corrected chi connectivity index (χ2v) is 2.99. The standard InChI is InChI=1S/C8H12/c1-4-5-7-6-8(7,2)3/h4-5H,1,6H2,2-3H3/b7-5+. The van der Waals surface area contributed by atoms with E-state index in [0.29, 0.717) is 5.41 Å². The van der Waals surface area contributed by atoms with Crippen LogP contribution in [0.4, 0.5) is 0 Å². The Kier molecular flexibility index (Phi) is 1.04. The third kappa shape index (κ3) is 0.835. The lowest BCUT2D eigenvalue weighted by molar-refractivity contribution is 0.686. The smallest absolute Gasteiger partial charge is 0.0104 e. The molecule has 0 unspecified atom stereocenters. The average molecular weight is 108 g/mol. The molecule has 1 saturated carbocycles. The van der Waals surface area contributed by atoms with Crippen molar-refractivity contribution in [3.05, 3.63) is 24.3 Å². The Morgan fingerprint density at radius 3 is 2.25 bits per heavy atom. The van der Waals surface area contributed by atoms with Crippen LogP contribution < -0.4 is 0 Å². The van der Waals surface area contributed by atoms with Gasteiger partial charge in [0.15, 0.2) is 0 Å². The zero-order chi connectivity index (χ0) is 6.20. The molecule has 0 radical (unpaired) electrons. The molecule has 44 valence electrons. The lowest BCUT2D eigenvalue weighted by Gasteiger charge is -1.89. The molecule has 0 aromatic carbocycles. The van der Waals surface area contributed by atoms with Crippen LogP contribution in [0.15, 0.2) is 24.3 Å². The van der Waals surface area contributed by atoms with Crippen molar-refractivity contribution in [2.24, 2.45) is 5.41 Å². The Bertz CT molecular complexity index is 138. The van der Waals surface area contributed by atoms with Crippen LogP contribution in [0.3, 0.4) is 0 Å². The quantitative estimate of drug-likeness (QED) is 0.484. The van der Waals surface area contributed by atoms with Crippen LogP contribution in [-0.4, -0.2) is 0 Å². The monoisotopic (exact) mass is 108 g/mol. The van der Waals surface area contributed by atoms with Gasteiger partial charge in [0.25, 0.3) is 0 Å². The van der Waals surface area contributed by atoms with E-state index in [1.165, 1.54) is 12.0 Å². The van der Waals surface area contributed by atoms with Crippen LogP contribution in [-0.2, 0) is 0 Å². The molecular weight excluding hydrogens is 96.1 g/mol. The molecule has 1 fully saturated rings. The summed E-state index contributed by atoms with van der Waals surface area (Å²) < 4.78 is 0. The highest BCUT2D eigenvalue weighted by atomic mass is 14.4. The second-order valence-electron chi connectivity index (χ2n) is 2.99. The van der Waals surface area contributed by atoms with Crippen LogP contribution in [0.5, 0.6) is 0 Å². The van der Waals surface area contributed by atoms with Gasteiger partial charge in [-0.3, -0.25) is 0 Å². The van der Waals surface area contributed by atoms with E-state index in [1.54, 1.807) is 0 Å². The molecule has 0 spiro atoms. The first kappa shape index (κ1) is 5.61. The Hall–Kier alpha value is -0.520. The Labute approximate surface area is 50.9 Å². The number of hydrogen-bond acceptors (Lipinski definition) is 0. The lowest BCUT2D eigenvalue weighted by atomic mass is 10.2. The maximum atomic E-state index is 3.63. The van der Waals surface area contributed by atoms with Crippen molar-refractivity contribution >= 4 is 0 Å². The minimum atomic E-state index is 0.508. The highest BCUT2D eigenvalue weighted by molar-refractivity contribution is 5.32. The first-order chi connectivity index (χ1) is 3.67. The Morgan fingerprint density at radius 2 is 2.12 bits per heavy atom. The average Bonchev–Trinajstić information content (AvgIpc) is 2.15. The fourth-order valence-electron chi connectivity index (χ4n) is 0.859. The predicted octanol–water partition coefficient (Wildman–Crippen LogP) is 2.53. The molecule has 0 nitrogen and oxygen atoms in total. The van der Waals surface area contributed by atoms with Crippen molar-refractivity contribution in [2.75, 3.05) is 0 Å². The van der Waals surface area contributed by atoms with E-state index in [4.69, 9.17) is 0 Å². The molecule has 0 bridgehead atoms. The molecular formula is C8H12. The maximum absolute atomic E-state index is 3.63. The van der Waals surface area contributed by atoms with E-state index in [-0.39, 0.29) is 0 Å².